The van der Waals surface area contributed by atoms with Crippen LogP contribution in [0.15, 0.2) is 65.8 Å². The minimum atomic E-state index is -4.43. The normalized spacial score (nSPS) is 11.5. The molecule has 1 N–H and O–H groups in total. The Kier molecular flexibility index (Phi) is 6.50. The number of ether oxygens (including phenoxy) is 1. The number of thioether (sulfide) groups is 1. The van der Waals surface area contributed by atoms with Crippen LogP contribution in [0.4, 0.5) is 18.9 Å². The van der Waals surface area contributed by atoms with Gasteiger partial charge in [0.1, 0.15) is 5.75 Å². The molecule has 0 unspecified atom stereocenters. The summed E-state index contributed by atoms with van der Waals surface area (Å²) in [6.45, 7) is 2.50. The molecular formula is C22H18F3N5O2S. The second-order valence-electron chi connectivity index (χ2n) is 6.84. The zero-order chi connectivity index (χ0) is 23.4. The van der Waals surface area contributed by atoms with Crippen LogP contribution >= 0.6 is 11.8 Å². The standard InChI is InChI=1S/C22H18F3N5O2S/c1-2-32-17-9-3-14(4-10-17)18-11-12-19-27-28-21(30(19)29-18)33-13-20(31)26-16-7-5-15(6-8-16)22(23,24)25/h3-12H,2,13H2,1H3,(H,26,31). The summed E-state index contributed by atoms with van der Waals surface area (Å²) in [5.74, 6) is 0.359. The fourth-order valence-electron chi connectivity index (χ4n) is 2.97. The van der Waals surface area contributed by atoms with E-state index in [1.807, 2.05) is 37.3 Å². The second-order valence-corrected chi connectivity index (χ2v) is 7.78. The SMILES string of the molecule is CCOc1ccc(-c2ccc3nnc(SCC(=O)Nc4ccc(C(F)(F)F)cc4)n3n2)cc1. The summed E-state index contributed by atoms with van der Waals surface area (Å²) in [6.07, 6.45) is -4.43. The second kappa shape index (κ2) is 9.49. The average molecular weight is 473 g/mol. The molecule has 11 heteroatoms. The van der Waals surface area contributed by atoms with Crippen molar-refractivity contribution in [1.29, 1.82) is 0 Å². The molecule has 1 amide bonds. The van der Waals surface area contributed by atoms with Gasteiger partial charge in [-0.05, 0) is 67.6 Å². The molecule has 0 fully saturated rings. The molecular weight excluding hydrogens is 455 g/mol. The van der Waals surface area contributed by atoms with E-state index in [1.54, 1.807) is 10.6 Å². The Labute approximate surface area is 191 Å². The number of fused-ring (bicyclic) bond motifs is 1. The molecule has 7 nitrogen and oxygen atoms in total. The first-order valence-corrected chi connectivity index (χ1v) is 10.9. The van der Waals surface area contributed by atoms with Crippen molar-refractivity contribution >= 4 is 29.0 Å². The monoisotopic (exact) mass is 473 g/mol. The van der Waals surface area contributed by atoms with Crippen LogP contribution in [0, 0.1) is 0 Å². The number of carbonyl (C=O) groups excluding carboxylic acids is 1. The number of halogens is 3. The van der Waals surface area contributed by atoms with Gasteiger partial charge in [-0.15, -0.1) is 10.2 Å². The molecule has 0 spiro atoms. The van der Waals surface area contributed by atoms with Gasteiger partial charge in [0.2, 0.25) is 11.1 Å². The van der Waals surface area contributed by atoms with Gasteiger partial charge in [-0.3, -0.25) is 4.79 Å². The Hall–Kier alpha value is -3.60. The van der Waals surface area contributed by atoms with Gasteiger partial charge in [0.05, 0.1) is 23.6 Å². The third kappa shape index (κ3) is 5.43. The largest absolute Gasteiger partial charge is 0.494 e. The van der Waals surface area contributed by atoms with Crippen molar-refractivity contribution in [2.45, 2.75) is 18.3 Å². The van der Waals surface area contributed by atoms with Crippen LogP contribution in [-0.2, 0) is 11.0 Å². The predicted octanol–water partition coefficient (Wildman–Crippen LogP) is 4.94. The van der Waals surface area contributed by atoms with Crippen molar-refractivity contribution in [2.75, 3.05) is 17.7 Å². The minimum absolute atomic E-state index is 0.0171. The van der Waals surface area contributed by atoms with Gasteiger partial charge in [-0.25, -0.2) is 0 Å². The number of carbonyl (C=O) groups is 1. The van der Waals surface area contributed by atoms with E-state index >= 15 is 0 Å². The maximum Gasteiger partial charge on any atom is 0.416 e. The van der Waals surface area contributed by atoms with Crippen LogP contribution in [0.3, 0.4) is 0 Å². The van der Waals surface area contributed by atoms with Gasteiger partial charge < -0.3 is 10.1 Å². The van der Waals surface area contributed by atoms with Gasteiger partial charge in [0.25, 0.3) is 0 Å². The quantitative estimate of drug-likeness (QED) is 0.383. The van der Waals surface area contributed by atoms with E-state index in [9.17, 15) is 18.0 Å². The number of aromatic nitrogens is 4. The van der Waals surface area contributed by atoms with E-state index in [0.29, 0.717) is 23.1 Å². The van der Waals surface area contributed by atoms with Crippen LogP contribution < -0.4 is 10.1 Å². The van der Waals surface area contributed by atoms with Gasteiger partial charge in [0.15, 0.2) is 5.65 Å². The number of anilines is 1. The Bertz CT molecular complexity index is 1260. The number of hydrogen-bond acceptors (Lipinski definition) is 6. The van der Waals surface area contributed by atoms with Crippen LogP contribution in [0.2, 0.25) is 0 Å². The maximum absolute atomic E-state index is 12.7. The lowest BCUT2D eigenvalue weighted by atomic mass is 10.1. The first-order valence-electron chi connectivity index (χ1n) is 9.89. The summed E-state index contributed by atoms with van der Waals surface area (Å²) in [6, 6.07) is 15.4. The van der Waals surface area contributed by atoms with E-state index < -0.39 is 11.7 Å². The van der Waals surface area contributed by atoms with Gasteiger partial charge in [0, 0.05) is 11.3 Å². The van der Waals surface area contributed by atoms with Gasteiger partial charge >= 0.3 is 6.18 Å². The fraction of sp³-hybridized carbons (Fsp3) is 0.182. The number of alkyl halides is 3. The molecule has 2 aromatic heterocycles. The number of nitrogens with zero attached hydrogens (tertiary/aromatic N) is 4. The van der Waals surface area contributed by atoms with Crippen LogP contribution in [0.5, 0.6) is 5.75 Å². The number of nitrogens with one attached hydrogen (secondary N) is 1. The van der Waals surface area contributed by atoms with E-state index in [-0.39, 0.29) is 17.3 Å². The molecule has 0 saturated heterocycles. The summed E-state index contributed by atoms with van der Waals surface area (Å²) in [5, 5.41) is 15.7. The molecule has 4 rings (SSSR count). The topological polar surface area (TPSA) is 81.4 Å². The highest BCUT2D eigenvalue weighted by Crippen LogP contribution is 2.30. The molecule has 2 aromatic carbocycles. The highest BCUT2D eigenvalue weighted by atomic mass is 32.2. The summed E-state index contributed by atoms with van der Waals surface area (Å²) < 4.78 is 45.0. The Balaban J connectivity index is 1.43. The highest BCUT2D eigenvalue weighted by Gasteiger charge is 2.30. The molecule has 0 bridgehead atoms. The molecule has 0 atom stereocenters. The third-order valence-corrected chi connectivity index (χ3v) is 5.44. The number of benzene rings is 2. The Morgan fingerprint density at radius 3 is 2.42 bits per heavy atom. The summed E-state index contributed by atoms with van der Waals surface area (Å²) in [4.78, 5) is 12.3. The molecule has 0 aliphatic heterocycles. The molecule has 4 aromatic rings. The summed E-state index contributed by atoms with van der Waals surface area (Å²) >= 11 is 1.12. The van der Waals surface area contributed by atoms with Crippen molar-refractivity contribution in [2.24, 2.45) is 0 Å². The third-order valence-electron chi connectivity index (χ3n) is 4.52. The van der Waals surface area contributed by atoms with E-state index in [2.05, 4.69) is 20.6 Å². The minimum Gasteiger partial charge on any atom is -0.494 e. The van der Waals surface area contributed by atoms with Crippen molar-refractivity contribution < 1.29 is 22.7 Å². The number of amides is 1. The lowest BCUT2D eigenvalue weighted by molar-refractivity contribution is -0.137. The number of hydrogen-bond donors (Lipinski definition) is 1. The average Bonchev–Trinajstić information content (AvgIpc) is 3.20. The fourth-order valence-corrected chi connectivity index (χ4v) is 3.66. The first kappa shape index (κ1) is 22.6. The van der Waals surface area contributed by atoms with Crippen molar-refractivity contribution in [3.63, 3.8) is 0 Å². The smallest absolute Gasteiger partial charge is 0.416 e. The summed E-state index contributed by atoms with van der Waals surface area (Å²) in [7, 11) is 0. The lowest BCUT2D eigenvalue weighted by Gasteiger charge is -2.08. The van der Waals surface area contributed by atoms with E-state index in [1.165, 1.54) is 12.1 Å². The van der Waals surface area contributed by atoms with Crippen molar-refractivity contribution in [1.82, 2.24) is 19.8 Å². The maximum atomic E-state index is 12.7. The van der Waals surface area contributed by atoms with Gasteiger partial charge in [-0.2, -0.15) is 22.8 Å². The Morgan fingerprint density at radius 1 is 1.03 bits per heavy atom. The molecule has 0 radical (unpaired) electrons. The molecule has 2 heterocycles. The molecule has 33 heavy (non-hydrogen) atoms. The molecule has 0 aliphatic carbocycles. The predicted molar refractivity (Wildman–Crippen MR) is 118 cm³/mol. The van der Waals surface area contributed by atoms with Crippen LogP contribution in [0.25, 0.3) is 16.9 Å². The van der Waals surface area contributed by atoms with Gasteiger partial charge in [-0.1, -0.05) is 11.8 Å². The zero-order valence-electron chi connectivity index (χ0n) is 17.3. The van der Waals surface area contributed by atoms with Crippen molar-refractivity contribution in [3.8, 4) is 17.0 Å². The highest BCUT2D eigenvalue weighted by molar-refractivity contribution is 7.99. The molecule has 0 aliphatic rings. The van der Waals surface area contributed by atoms with E-state index in [0.717, 1.165) is 35.2 Å². The molecule has 170 valence electrons. The van der Waals surface area contributed by atoms with Crippen molar-refractivity contribution in [3.05, 3.63) is 66.2 Å². The van der Waals surface area contributed by atoms with Crippen LogP contribution in [-0.4, -0.2) is 38.1 Å². The lowest BCUT2D eigenvalue weighted by Crippen LogP contribution is -2.14. The Morgan fingerprint density at radius 2 is 1.76 bits per heavy atom. The number of rotatable bonds is 7. The van der Waals surface area contributed by atoms with Crippen LogP contribution in [0.1, 0.15) is 12.5 Å². The van der Waals surface area contributed by atoms with E-state index in [4.69, 9.17) is 4.74 Å². The first-order chi connectivity index (χ1) is 15.8. The molecule has 0 saturated carbocycles. The summed E-state index contributed by atoms with van der Waals surface area (Å²) in [5.41, 5.74) is 1.59. The zero-order valence-corrected chi connectivity index (χ0v) is 18.2.